The molecule has 2 nitrogen and oxygen atoms in total. The third kappa shape index (κ3) is 1.85. The zero-order valence-corrected chi connectivity index (χ0v) is 9.10. The molecule has 1 saturated heterocycles. The maximum atomic E-state index is 13.3. The molecule has 0 aromatic rings. The summed E-state index contributed by atoms with van der Waals surface area (Å²) in [5.41, 5.74) is 0. The summed E-state index contributed by atoms with van der Waals surface area (Å²) >= 11 is 0. The molecule has 90 valence electrons. The number of rotatable bonds is 2. The molecule has 1 aliphatic heterocycles. The number of nitrogens with zero attached hydrogens (tertiary/aromatic N) is 1. The molecule has 1 unspecified atom stereocenters. The maximum absolute atomic E-state index is 13.3. The van der Waals surface area contributed by atoms with Crippen LogP contribution in [0.3, 0.4) is 0 Å². The molecule has 15 heavy (non-hydrogen) atoms. The summed E-state index contributed by atoms with van der Waals surface area (Å²) in [6, 6.07) is -2.11. The summed E-state index contributed by atoms with van der Waals surface area (Å²) in [5.74, 6) is -4.76. The number of hydrogen-bond donors (Lipinski definition) is 0. The first-order valence-electron chi connectivity index (χ1n) is 4.84. The summed E-state index contributed by atoms with van der Waals surface area (Å²) in [6.07, 6.45) is -4.41. The Bertz CT molecular complexity index is 242. The SMILES string of the molecule is CC(C)C1N(C(C)C)OC(F)(F)C1(F)F. The minimum Gasteiger partial charge on any atom is -0.224 e. The first-order chi connectivity index (χ1) is 6.61. The smallest absolute Gasteiger partial charge is 0.224 e. The van der Waals surface area contributed by atoms with Crippen molar-refractivity contribution < 1.29 is 22.4 Å². The Morgan fingerprint density at radius 3 is 1.80 bits per heavy atom. The normalized spacial score (nSPS) is 30.4. The molecule has 0 radical (unpaired) electrons. The van der Waals surface area contributed by atoms with Crippen molar-refractivity contribution in [3.63, 3.8) is 0 Å². The van der Waals surface area contributed by atoms with E-state index in [1.54, 1.807) is 0 Å². The van der Waals surface area contributed by atoms with Crippen molar-refractivity contribution in [1.29, 1.82) is 0 Å². The van der Waals surface area contributed by atoms with E-state index < -0.39 is 30.0 Å². The summed E-state index contributed by atoms with van der Waals surface area (Å²) in [5, 5.41) is 0.699. The molecule has 0 aliphatic carbocycles. The predicted octanol–water partition coefficient (Wildman–Crippen LogP) is 2.89. The van der Waals surface area contributed by atoms with Gasteiger partial charge in [0.05, 0.1) is 0 Å². The summed E-state index contributed by atoms with van der Waals surface area (Å²) in [4.78, 5) is 4.05. The molecule has 1 fully saturated rings. The second kappa shape index (κ2) is 3.59. The van der Waals surface area contributed by atoms with E-state index in [-0.39, 0.29) is 0 Å². The van der Waals surface area contributed by atoms with Gasteiger partial charge in [0, 0.05) is 6.04 Å². The Hall–Kier alpha value is -0.360. The molecule has 1 aliphatic rings. The fraction of sp³-hybridized carbons (Fsp3) is 1.00. The highest BCUT2D eigenvalue weighted by Crippen LogP contribution is 2.49. The lowest BCUT2D eigenvalue weighted by molar-refractivity contribution is -0.355. The van der Waals surface area contributed by atoms with Crippen LogP contribution in [0.1, 0.15) is 27.7 Å². The first-order valence-corrected chi connectivity index (χ1v) is 4.84. The van der Waals surface area contributed by atoms with Crippen LogP contribution in [0.15, 0.2) is 0 Å². The molecule has 0 amide bonds. The number of alkyl halides is 4. The highest BCUT2D eigenvalue weighted by molar-refractivity contribution is 4.97. The highest BCUT2D eigenvalue weighted by Gasteiger charge is 2.72. The van der Waals surface area contributed by atoms with Crippen LogP contribution in [0.4, 0.5) is 17.6 Å². The highest BCUT2D eigenvalue weighted by atomic mass is 19.3. The average Bonchev–Trinajstić information content (AvgIpc) is 2.18. The maximum Gasteiger partial charge on any atom is 0.436 e. The second-order valence-corrected chi connectivity index (χ2v) is 4.37. The zero-order valence-electron chi connectivity index (χ0n) is 9.10. The Labute approximate surface area is 86.1 Å². The molecule has 0 spiro atoms. The Morgan fingerprint density at radius 2 is 1.53 bits per heavy atom. The van der Waals surface area contributed by atoms with Crippen LogP contribution in [0.5, 0.6) is 0 Å². The van der Waals surface area contributed by atoms with Crippen molar-refractivity contribution in [3.05, 3.63) is 0 Å². The minimum absolute atomic E-state index is 0.517. The van der Waals surface area contributed by atoms with Gasteiger partial charge in [0.15, 0.2) is 0 Å². The molecule has 6 heteroatoms. The number of halogens is 4. The lowest BCUT2D eigenvalue weighted by Gasteiger charge is -2.29. The van der Waals surface area contributed by atoms with Crippen molar-refractivity contribution in [2.45, 2.75) is 51.8 Å². The fourth-order valence-electron chi connectivity index (χ4n) is 1.72. The Morgan fingerprint density at radius 1 is 1.07 bits per heavy atom. The number of hydrogen-bond acceptors (Lipinski definition) is 2. The van der Waals surface area contributed by atoms with Gasteiger partial charge < -0.3 is 0 Å². The summed E-state index contributed by atoms with van der Waals surface area (Å²) < 4.78 is 52.5. The summed E-state index contributed by atoms with van der Waals surface area (Å²) in [6.45, 7) is 6.01. The van der Waals surface area contributed by atoms with E-state index in [0.717, 1.165) is 0 Å². The van der Waals surface area contributed by atoms with Crippen LogP contribution in [-0.4, -0.2) is 29.2 Å². The fourth-order valence-corrected chi connectivity index (χ4v) is 1.72. The van der Waals surface area contributed by atoms with Gasteiger partial charge >= 0.3 is 12.0 Å². The van der Waals surface area contributed by atoms with Gasteiger partial charge in [-0.2, -0.15) is 22.6 Å². The van der Waals surface area contributed by atoms with E-state index in [1.807, 2.05) is 0 Å². The monoisotopic (exact) mass is 229 g/mol. The quantitative estimate of drug-likeness (QED) is 0.675. The van der Waals surface area contributed by atoms with Gasteiger partial charge in [-0.05, 0) is 19.8 Å². The molecule has 1 atom stereocenters. The number of hydroxylamine groups is 2. The third-order valence-electron chi connectivity index (χ3n) is 2.39. The van der Waals surface area contributed by atoms with E-state index in [4.69, 9.17) is 0 Å². The lowest BCUT2D eigenvalue weighted by atomic mass is 9.97. The standard InChI is InChI=1S/C9H15F4NO/c1-5(2)7-8(10,11)9(12,13)15-14(7)6(3)4/h5-7H,1-4H3. The molecule has 0 aromatic heterocycles. The van der Waals surface area contributed by atoms with Crippen molar-refractivity contribution >= 4 is 0 Å². The third-order valence-corrected chi connectivity index (χ3v) is 2.39. The molecular formula is C9H15F4NO. The summed E-state index contributed by atoms with van der Waals surface area (Å²) in [7, 11) is 0. The Balaban J connectivity index is 3.06. The van der Waals surface area contributed by atoms with Gasteiger partial charge in [0.25, 0.3) is 0 Å². The molecular weight excluding hydrogens is 214 g/mol. The van der Waals surface area contributed by atoms with Gasteiger partial charge in [-0.25, -0.2) is 4.84 Å². The predicted molar refractivity (Wildman–Crippen MR) is 46.6 cm³/mol. The molecule has 1 rings (SSSR count). The lowest BCUT2D eigenvalue weighted by Crippen LogP contribution is -2.48. The molecule has 0 bridgehead atoms. The zero-order chi connectivity index (χ0) is 12.0. The van der Waals surface area contributed by atoms with Gasteiger partial charge in [-0.1, -0.05) is 13.8 Å². The van der Waals surface area contributed by atoms with Gasteiger partial charge in [0.2, 0.25) is 0 Å². The largest absolute Gasteiger partial charge is 0.436 e. The van der Waals surface area contributed by atoms with E-state index in [0.29, 0.717) is 5.06 Å². The van der Waals surface area contributed by atoms with E-state index in [1.165, 1.54) is 27.7 Å². The molecule has 0 N–H and O–H groups in total. The van der Waals surface area contributed by atoms with Crippen molar-refractivity contribution in [3.8, 4) is 0 Å². The van der Waals surface area contributed by atoms with Crippen LogP contribution in [0.2, 0.25) is 0 Å². The van der Waals surface area contributed by atoms with Gasteiger partial charge in [0.1, 0.15) is 6.04 Å². The first kappa shape index (κ1) is 12.7. The molecule has 1 heterocycles. The van der Waals surface area contributed by atoms with Crippen molar-refractivity contribution in [1.82, 2.24) is 5.06 Å². The van der Waals surface area contributed by atoms with Crippen LogP contribution < -0.4 is 0 Å². The molecule has 0 aromatic carbocycles. The second-order valence-electron chi connectivity index (χ2n) is 4.37. The van der Waals surface area contributed by atoms with Gasteiger partial charge in [-0.3, -0.25) is 0 Å². The van der Waals surface area contributed by atoms with Crippen molar-refractivity contribution in [2.24, 2.45) is 5.92 Å². The van der Waals surface area contributed by atoms with Crippen LogP contribution >= 0.6 is 0 Å². The van der Waals surface area contributed by atoms with E-state index >= 15 is 0 Å². The van der Waals surface area contributed by atoms with E-state index in [2.05, 4.69) is 4.84 Å². The van der Waals surface area contributed by atoms with E-state index in [9.17, 15) is 17.6 Å². The van der Waals surface area contributed by atoms with Gasteiger partial charge in [-0.15, -0.1) is 0 Å². The Kier molecular flexibility index (Phi) is 3.04. The average molecular weight is 229 g/mol. The van der Waals surface area contributed by atoms with Crippen LogP contribution in [0, 0.1) is 5.92 Å². The molecule has 0 saturated carbocycles. The van der Waals surface area contributed by atoms with Crippen LogP contribution in [0.25, 0.3) is 0 Å². The topological polar surface area (TPSA) is 12.5 Å². The minimum atomic E-state index is -4.41. The van der Waals surface area contributed by atoms with Crippen LogP contribution in [-0.2, 0) is 4.84 Å². The van der Waals surface area contributed by atoms with Crippen molar-refractivity contribution in [2.75, 3.05) is 0 Å².